The molecule has 0 aliphatic carbocycles. The maximum absolute atomic E-state index is 5.42. The Bertz CT molecular complexity index is 332. The Morgan fingerprint density at radius 3 is 3.18 bits per heavy atom. The number of nitrogens with zero attached hydrogens (tertiary/aromatic N) is 3. The van der Waals surface area contributed by atoms with E-state index in [1.165, 1.54) is 0 Å². The molecule has 2 rings (SSSR count). The summed E-state index contributed by atoms with van der Waals surface area (Å²) >= 11 is 0. The summed E-state index contributed by atoms with van der Waals surface area (Å²) < 4.78 is 1.71. The van der Waals surface area contributed by atoms with Crippen LogP contribution in [0.15, 0.2) is 24.7 Å². The molecule has 2 aromatic rings. The maximum Gasteiger partial charge on any atom is 0.117 e. The van der Waals surface area contributed by atoms with E-state index in [1.54, 1.807) is 17.0 Å². The molecule has 11 heavy (non-hydrogen) atoms. The highest BCUT2D eigenvalue weighted by atomic mass is 15.2. The van der Waals surface area contributed by atoms with Crippen molar-refractivity contribution < 1.29 is 0 Å². The molecule has 0 fully saturated rings. The van der Waals surface area contributed by atoms with Crippen molar-refractivity contribution in [1.82, 2.24) is 14.6 Å². The fourth-order valence-electron chi connectivity index (χ4n) is 1.000. The van der Waals surface area contributed by atoms with E-state index in [-0.39, 0.29) is 0 Å². The Morgan fingerprint density at radius 1 is 1.55 bits per heavy atom. The third-order valence-corrected chi connectivity index (χ3v) is 1.53. The number of fused-ring (bicyclic) bond motifs is 1. The predicted molar refractivity (Wildman–Crippen MR) is 40.9 cm³/mol. The van der Waals surface area contributed by atoms with Crippen LogP contribution < -0.4 is 5.73 Å². The second-order valence-electron chi connectivity index (χ2n) is 2.29. The van der Waals surface area contributed by atoms with E-state index in [0.717, 1.165) is 11.2 Å². The molecule has 0 aliphatic rings. The Hall–Kier alpha value is -1.42. The van der Waals surface area contributed by atoms with Gasteiger partial charge >= 0.3 is 0 Å². The minimum Gasteiger partial charge on any atom is -0.325 e. The van der Waals surface area contributed by atoms with Gasteiger partial charge in [0.15, 0.2) is 0 Å². The highest BCUT2D eigenvalue weighted by molar-refractivity contribution is 5.45. The summed E-state index contributed by atoms with van der Waals surface area (Å²) in [5.41, 5.74) is 7.33. The Morgan fingerprint density at radius 2 is 2.45 bits per heavy atom. The molecule has 0 spiro atoms. The Labute approximate surface area is 63.7 Å². The highest BCUT2D eigenvalue weighted by Crippen LogP contribution is 2.02. The van der Waals surface area contributed by atoms with Gasteiger partial charge in [-0.15, -0.1) is 0 Å². The van der Waals surface area contributed by atoms with E-state index in [4.69, 9.17) is 5.73 Å². The third-order valence-electron chi connectivity index (χ3n) is 1.53. The minimum atomic E-state index is 0.474. The molecule has 2 heterocycles. The molecular formula is C7H8N4. The van der Waals surface area contributed by atoms with Crippen LogP contribution in [0.4, 0.5) is 0 Å². The number of hydrogen-bond acceptors (Lipinski definition) is 3. The molecule has 4 nitrogen and oxygen atoms in total. The average molecular weight is 148 g/mol. The first-order valence-corrected chi connectivity index (χ1v) is 3.38. The normalized spacial score (nSPS) is 10.6. The quantitative estimate of drug-likeness (QED) is 0.628. The van der Waals surface area contributed by atoms with E-state index in [0.29, 0.717) is 6.54 Å². The fourth-order valence-corrected chi connectivity index (χ4v) is 1.000. The molecular weight excluding hydrogens is 140 g/mol. The Balaban J connectivity index is 2.69. The van der Waals surface area contributed by atoms with Crippen molar-refractivity contribution in [2.45, 2.75) is 6.54 Å². The van der Waals surface area contributed by atoms with Gasteiger partial charge in [0.05, 0.1) is 11.2 Å². The molecule has 0 amide bonds. The summed E-state index contributed by atoms with van der Waals surface area (Å²) in [6, 6.07) is 3.84. The van der Waals surface area contributed by atoms with Gasteiger partial charge in [-0.1, -0.05) is 0 Å². The first-order valence-electron chi connectivity index (χ1n) is 3.38. The largest absolute Gasteiger partial charge is 0.325 e. The maximum atomic E-state index is 5.42. The summed E-state index contributed by atoms with van der Waals surface area (Å²) in [6.45, 7) is 0.474. The van der Waals surface area contributed by atoms with Crippen molar-refractivity contribution in [2.75, 3.05) is 0 Å². The van der Waals surface area contributed by atoms with E-state index >= 15 is 0 Å². The van der Waals surface area contributed by atoms with Crippen molar-refractivity contribution in [3.05, 3.63) is 30.4 Å². The van der Waals surface area contributed by atoms with Crippen LogP contribution in [-0.4, -0.2) is 14.6 Å². The van der Waals surface area contributed by atoms with E-state index in [1.807, 2.05) is 12.1 Å². The van der Waals surface area contributed by atoms with Crippen LogP contribution in [0.5, 0.6) is 0 Å². The second kappa shape index (κ2) is 2.32. The zero-order chi connectivity index (χ0) is 7.68. The van der Waals surface area contributed by atoms with Gasteiger partial charge in [-0.25, -0.2) is 9.50 Å². The molecule has 2 aromatic heterocycles. The molecule has 2 N–H and O–H groups in total. The number of aromatic nitrogens is 3. The van der Waals surface area contributed by atoms with E-state index in [2.05, 4.69) is 10.1 Å². The summed E-state index contributed by atoms with van der Waals surface area (Å²) in [7, 11) is 0. The van der Waals surface area contributed by atoms with Gasteiger partial charge in [0, 0.05) is 12.7 Å². The molecule has 0 aliphatic heterocycles. The Kier molecular flexibility index (Phi) is 1.33. The highest BCUT2D eigenvalue weighted by Gasteiger charge is 1.96. The molecule has 0 aromatic carbocycles. The average Bonchev–Trinajstić information content (AvgIpc) is 2.46. The van der Waals surface area contributed by atoms with E-state index in [9.17, 15) is 0 Å². The topological polar surface area (TPSA) is 56.2 Å². The van der Waals surface area contributed by atoms with Crippen LogP contribution in [0.25, 0.3) is 5.52 Å². The minimum absolute atomic E-state index is 0.474. The number of rotatable bonds is 1. The van der Waals surface area contributed by atoms with Crippen LogP contribution in [0.1, 0.15) is 5.69 Å². The zero-order valence-corrected chi connectivity index (χ0v) is 5.94. The lowest BCUT2D eigenvalue weighted by atomic mass is 10.4. The van der Waals surface area contributed by atoms with Gasteiger partial charge in [0.25, 0.3) is 0 Å². The van der Waals surface area contributed by atoms with Crippen molar-refractivity contribution in [3.8, 4) is 0 Å². The van der Waals surface area contributed by atoms with Crippen LogP contribution in [0, 0.1) is 0 Å². The molecule has 0 bridgehead atoms. The van der Waals surface area contributed by atoms with Gasteiger partial charge in [-0.3, -0.25) is 0 Å². The summed E-state index contributed by atoms with van der Waals surface area (Å²) in [5, 5.41) is 4.16. The predicted octanol–water partition coefficient (Wildman–Crippen LogP) is 0.188. The number of hydrogen-bond donors (Lipinski definition) is 1. The van der Waals surface area contributed by atoms with Gasteiger partial charge in [-0.05, 0) is 12.1 Å². The molecule has 0 radical (unpaired) electrons. The van der Waals surface area contributed by atoms with Crippen molar-refractivity contribution >= 4 is 5.52 Å². The first kappa shape index (κ1) is 6.30. The van der Waals surface area contributed by atoms with Gasteiger partial charge in [-0.2, -0.15) is 5.10 Å². The standard InChI is InChI=1S/C7H8N4/c8-4-6-3-7-1-2-9-5-11(7)10-6/h1-3,5H,4,8H2. The van der Waals surface area contributed by atoms with Crippen LogP contribution in [0.3, 0.4) is 0 Å². The lowest BCUT2D eigenvalue weighted by molar-refractivity contribution is 0.863. The summed E-state index contributed by atoms with van der Waals surface area (Å²) in [4.78, 5) is 3.92. The SMILES string of the molecule is NCc1cc2ccncn2n1. The van der Waals surface area contributed by atoms with Gasteiger partial charge < -0.3 is 5.73 Å². The molecule has 0 saturated carbocycles. The van der Waals surface area contributed by atoms with Crippen molar-refractivity contribution in [1.29, 1.82) is 0 Å². The van der Waals surface area contributed by atoms with Crippen LogP contribution in [0.2, 0.25) is 0 Å². The van der Waals surface area contributed by atoms with Crippen LogP contribution >= 0.6 is 0 Å². The number of nitrogens with two attached hydrogens (primary N) is 1. The fraction of sp³-hybridized carbons (Fsp3) is 0.143. The lowest BCUT2D eigenvalue weighted by Crippen LogP contribution is -1.97. The van der Waals surface area contributed by atoms with Gasteiger partial charge in [0.2, 0.25) is 0 Å². The summed E-state index contributed by atoms with van der Waals surface area (Å²) in [5.74, 6) is 0. The van der Waals surface area contributed by atoms with Crippen molar-refractivity contribution in [2.24, 2.45) is 5.73 Å². The van der Waals surface area contributed by atoms with Gasteiger partial charge in [0.1, 0.15) is 6.33 Å². The lowest BCUT2D eigenvalue weighted by Gasteiger charge is -1.86. The smallest absolute Gasteiger partial charge is 0.117 e. The molecule has 0 atom stereocenters. The first-order chi connectivity index (χ1) is 5.40. The zero-order valence-electron chi connectivity index (χ0n) is 5.94. The molecule has 0 unspecified atom stereocenters. The van der Waals surface area contributed by atoms with Crippen molar-refractivity contribution in [3.63, 3.8) is 0 Å². The molecule has 4 heteroatoms. The van der Waals surface area contributed by atoms with Crippen LogP contribution in [-0.2, 0) is 6.54 Å². The van der Waals surface area contributed by atoms with E-state index < -0.39 is 0 Å². The molecule has 56 valence electrons. The third kappa shape index (κ3) is 0.969. The monoisotopic (exact) mass is 148 g/mol. The summed E-state index contributed by atoms with van der Waals surface area (Å²) in [6.07, 6.45) is 3.39. The molecule has 0 saturated heterocycles. The second-order valence-corrected chi connectivity index (χ2v) is 2.29.